The molecule has 1 aromatic carbocycles. The van der Waals surface area contributed by atoms with Crippen LogP contribution in [0.15, 0.2) is 18.2 Å². The fraction of sp³-hybridized carbons (Fsp3) is 0.294. The Balaban J connectivity index is 2.51. The van der Waals surface area contributed by atoms with Gasteiger partial charge in [0.1, 0.15) is 10.7 Å². The van der Waals surface area contributed by atoms with Gasteiger partial charge >= 0.3 is 5.97 Å². The molecule has 0 radical (unpaired) electrons. The van der Waals surface area contributed by atoms with Crippen molar-refractivity contribution in [3.63, 3.8) is 0 Å². The van der Waals surface area contributed by atoms with Crippen LogP contribution >= 0.6 is 11.3 Å². The highest BCUT2D eigenvalue weighted by Crippen LogP contribution is 2.43. The van der Waals surface area contributed by atoms with E-state index in [9.17, 15) is 9.18 Å². The van der Waals surface area contributed by atoms with Crippen molar-refractivity contribution < 1.29 is 23.8 Å². The second-order valence-corrected chi connectivity index (χ2v) is 6.49. The lowest BCUT2D eigenvalue weighted by molar-refractivity contribution is 0.0697. The SMILES string of the molecule is [C-]#[N+]c1cc(-c2cc(F)c(C(=O)O)s2)cc(OC)c1OCC(C)C. The summed E-state index contributed by atoms with van der Waals surface area (Å²) in [6, 6.07) is 4.30. The Labute approximate surface area is 143 Å². The summed E-state index contributed by atoms with van der Waals surface area (Å²) in [5.74, 6) is -1.16. The zero-order valence-electron chi connectivity index (χ0n) is 13.4. The van der Waals surface area contributed by atoms with Gasteiger partial charge in [0, 0.05) is 4.88 Å². The number of carboxylic acids is 1. The lowest BCUT2D eigenvalue weighted by Crippen LogP contribution is -2.05. The molecule has 0 atom stereocenters. The Kier molecular flexibility index (Phi) is 5.42. The maximum atomic E-state index is 13.7. The normalized spacial score (nSPS) is 10.5. The molecule has 0 unspecified atom stereocenters. The summed E-state index contributed by atoms with van der Waals surface area (Å²) in [5, 5.41) is 8.97. The first-order valence-electron chi connectivity index (χ1n) is 7.12. The van der Waals surface area contributed by atoms with Crippen LogP contribution < -0.4 is 9.47 Å². The molecule has 0 fully saturated rings. The predicted octanol–water partition coefficient (Wildman–Crippen LogP) is 4.85. The molecule has 7 heteroatoms. The molecular formula is C17H16FNO4S. The summed E-state index contributed by atoms with van der Waals surface area (Å²) in [6.07, 6.45) is 0. The van der Waals surface area contributed by atoms with Crippen molar-refractivity contribution in [2.75, 3.05) is 13.7 Å². The van der Waals surface area contributed by atoms with Crippen LogP contribution in [0.3, 0.4) is 0 Å². The third-order valence-electron chi connectivity index (χ3n) is 3.10. The summed E-state index contributed by atoms with van der Waals surface area (Å²) in [6.45, 7) is 11.7. The van der Waals surface area contributed by atoms with Gasteiger partial charge in [0.2, 0.25) is 5.69 Å². The molecule has 0 aliphatic rings. The zero-order valence-corrected chi connectivity index (χ0v) is 14.2. The number of nitrogens with zero attached hydrogens (tertiary/aromatic N) is 1. The molecule has 0 aliphatic carbocycles. The van der Waals surface area contributed by atoms with Crippen LogP contribution in [0.25, 0.3) is 15.3 Å². The first-order chi connectivity index (χ1) is 11.4. The Morgan fingerprint density at radius 2 is 2.12 bits per heavy atom. The summed E-state index contributed by atoms with van der Waals surface area (Å²) in [7, 11) is 1.45. The predicted molar refractivity (Wildman–Crippen MR) is 89.8 cm³/mol. The third-order valence-corrected chi connectivity index (χ3v) is 4.25. The number of carbonyl (C=O) groups is 1. The number of halogens is 1. The van der Waals surface area contributed by atoms with E-state index in [2.05, 4.69) is 4.85 Å². The van der Waals surface area contributed by atoms with Crippen molar-refractivity contribution >= 4 is 23.0 Å². The number of methoxy groups -OCH3 is 1. The molecule has 0 spiro atoms. The topological polar surface area (TPSA) is 60.1 Å². The van der Waals surface area contributed by atoms with Crippen LogP contribution in [0.1, 0.15) is 23.5 Å². The maximum Gasteiger partial charge on any atom is 0.348 e. The first-order valence-corrected chi connectivity index (χ1v) is 7.94. The number of thiophene rings is 1. The number of rotatable bonds is 6. The zero-order chi connectivity index (χ0) is 17.9. The van der Waals surface area contributed by atoms with E-state index in [0.717, 1.165) is 17.4 Å². The number of benzene rings is 1. The van der Waals surface area contributed by atoms with E-state index >= 15 is 0 Å². The van der Waals surface area contributed by atoms with Crippen molar-refractivity contribution in [2.45, 2.75) is 13.8 Å². The fourth-order valence-corrected chi connectivity index (χ4v) is 2.88. The molecule has 0 amide bonds. The monoisotopic (exact) mass is 349 g/mol. The van der Waals surface area contributed by atoms with E-state index in [-0.39, 0.29) is 16.5 Å². The van der Waals surface area contributed by atoms with Crippen molar-refractivity contribution in [3.05, 3.63) is 40.3 Å². The van der Waals surface area contributed by atoms with Gasteiger partial charge in [0.15, 0.2) is 11.5 Å². The largest absolute Gasteiger partial charge is 0.501 e. The smallest absolute Gasteiger partial charge is 0.348 e. The average Bonchev–Trinajstić information content (AvgIpc) is 2.94. The molecule has 5 nitrogen and oxygen atoms in total. The van der Waals surface area contributed by atoms with Crippen molar-refractivity contribution in [3.8, 4) is 21.9 Å². The maximum absolute atomic E-state index is 13.7. The van der Waals surface area contributed by atoms with Gasteiger partial charge in [0.05, 0.1) is 20.3 Å². The molecule has 1 aromatic heterocycles. The highest BCUT2D eigenvalue weighted by molar-refractivity contribution is 7.17. The molecular weight excluding hydrogens is 333 g/mol. The standard InChI is InChI=1S/C17H16FNO4S/c1-9(2)8-23-15-12(19-3)5-10(6-13(15)22-4)14-7-11(18)16(24-14)17(20)21/h5-7,9H,8H2,1-2,4H3,(H,20,21). The van der Waals surface area contributed by atoms with Crippen LogP contribution in [-0.4, -0.2) is 24.8 Å². The molecule has 0 saturated heterocycles. The molecule has 1 N–H and O–H groups in total. The molecule has 0 aliphatic heterocycles. The number of hydrogen-bond acceptors (Lipinski definition) is 4. The quantitative estimate of drug-likeness (QED) is 0.758. The average molecular weight is 349 g/mol. The van der Waals surface area contributed by atoms with Crippen LogP contribution in [0.4, 0.5) is 10.1 Å². The van der Waals surface area contributed by atoms with Gasteiger partial charge in [-0.05, 0) is 29.7 Å². The first kappa shape index (κ1) is 17.8. The van der Waals surface area contributed by atoms with Crippen molar-refractivity contribution in [1.82, 2.24) is 0 Å². The Morgan fingerprint density at radius 3 is 2.62 bits per heavy atom. The third kappa shape index (κ3) is 3.66. The van der Waals surface area contributed by atoms with Gasteiger partial charge in [0.25, 0.3) is 0 Å². The van der Waals surface area contributed by atoms with E-state index in [4.69, 9.17) is 21.2 Å². The molecule has 1 heterocycles. The van der Waals surface area contributed by atoms with E-state index in [1.54, 1.807) is 12.1 Å². The van der Waals surface area contributed by atoms with Gasteiger partial charge in [-0.25, -0.2) is 14.0 Å². The summed E-state index contributed by atoms with van der Waals surface area (Å²) < 4.78 is 24.7. The second-order valence-electron chi connectivity index (χ2n) is 5.44. The minimum absolute atomic E-state index is 0.232. The molecule has 0 bridgehead atoms. The number of carboxylic acid groups (broad SMARTS) is 1. The van der Waals surface area contributed by atoms with E-state index in [1.165, 1.54) is 7.11 Å². The summed E-state index contributed by atoms with van der Waals surface area (Å²) in [4.78, 5) is 14.5. The number of hydrogen-bond donors (Lipinski definition) is 1. The summed E-state index contributed by atoms with van der Waals surface area (Å²) in [5.41, 5.74) is 0.738. The Hall–Kier alpha value is -2.59. The summed E-state index contributed by atoms with van der Waals surface area (Å²) >= 11 is 0.809. The van der Waals surface area contributed by atoms with E-state index in [1.807, 2.05) is 13.8 Å². The van der Waals surface area contributed by atoms with Crippen molar-refractivity contribution in [1.29, 1.82) is 0 Å². The fourth-order valence-electron chi connectivity index (χ4n) is 2.02. The van der Waals surface area contributed by atoms with Gasteiger partial charge in [-0.3, -0.25) is 0 Å². The minimum Gasteiger partial charge on any atom is -0.501 e. The van der Waals surface area contributed by atoms with Crippen LogP contribution in [0.5, 0.6) is 11.5 Å². The molecule has 2 rings (SSSR count). The number of ether oxygens (including phenoxy) is 2. The van der Waals surface area contributed by atoms with Gasteiger partial charge in [-0.15, -0.1) is 11.3 Å². The van der Waals surface area contributed by atoms with Crippen LogP contribution in [-0.2, 0) is 0 Å². The number of aromatic carboxylic acids is 1. The lowest BCUT2D eigenvalue weighted by Gasteiger charge is -2.15. The Bertz CT molecular complexity index is 808. The highest BCUT2D eigenvalue weighted by atomic mass is 32.1. The van der Waals surface area contributed by atoms with Crippen LogP contribution in [0.2, 0.25) is 0 Å². The molecule has 24 heavy (non-hydrogen) atoms. The van der Waals surface area contributed by atoms with E-state index in [0.29, 0.717) is 28.5 Å². The van der Waals surface area contributed by atoms with Gasteiger partial charge < -0.3 is 14.6 Å². The highest BCUT2D eigenvalue weighted by Gasteiger charge is 2.20. The van der Waals surface area contributed by atoms with Crippen LogP contribution in [0, 0.1) is 18.3 Å². The minimum atomic E-state index is -1.32. The molecule has 126 valence electrons. The van der Waals surface area contributed by atoms with E-state index < -0.39 is 11.8 Å². The molecule has 0 saturated carbocycles. The second kappa shape index (κ2) is 7.32. The van der Waals surface area contributed by atoms with Crippen molar-refractivity contribution in [2.24, 2.45) is 5.92 Å². The lowest BCUT2D eigenvalue weighted by atomic mass is 10.1. The molecule has 2 aromatic rings. The van der Waals surface area contributed by atoms with Gasteiger partial charge in [-0.1, -0.05) is 13.8 Å². The van der Waals surface area contributed by atoms with Gasteiger partial charge in [-0.2, -0.15) is 0 Å². The Morgan fingerprint density at radius 1 is 1.42 bits per heavy atom.